The van der Waals surface area contributed by atoms with Gasteiger partial charge in [-0.1, -0.05) is 6.07 Å². The number of H-pyrrole nitrogens is 2. The van der Waals surface area contributed by atoms with Crippen molar-refractivity contribution in [3.8, 4) is 11.5 Å². The monoisotopic (exact) mass is 211 g/mol. The van der Waals surface area contributed by atoms with E-state index in [-0.39, 0.29) is 0 Å². The van der Waals surface area contributed by atoms with Crippen LogP contribution in [0.15, 0.2) is 30.5 Å². The smallest absolute Gasteiger partial charge is 0.154 e. The number of imidazole rings is 1. The Labute approximate surface area is 93.5 Å². The Kier molecular flexibility index (Phi) is 1.86. The zero-order valence-electron chi connectivity index (χ0n) is 9.33. The van der Waals surface area contributed by atoms with Crippen LogP contribution in [-0.2, 0) is 0 Å². The normalized spacial score (nSPS) is 11.1. The van der Waals surface area contributed by atoms with Crippen molar-refractivity contribution in [2.75, 3.05) is 0 Å². The van der Waals surface area contributed by atoms with Gasteiger partial charge < -0.3 is 9.97 Å². The fraction of sp³-hybridized carbons (Fsp3) is 0.154. The predicted molar refractivity (Wildman–Crippen MR) is 65.4 cm³/mol. The lowest BCUT2D eigenvalue weighted by Gasteiger charge is -1.98. The molecule has 3 aromatic rings. The first-order valence-electron chi connectivity index (χ1n) is 5.35. The van der Waals surface area contributed by atoms with E-state index in [0.29, 0.717) is 0 Å². The van der Waals surface area contributed by atoms with Crippen molar-refractivity contribution in [3.63, 3.8) is 0 Å². The van der Waals surface area contributed by atoms with Crippen molar-refractivity contribution in [3.05, 3.63) is 41.6 Å². The summed E-state index contributed by atoms with van der Waals surface area (Å²) in [5.74, 6) is 0.897. The summed E-state index contributed by atoms with van der Waals surface area (Å²) in [4.78, 5) is 11.1. The summed E-state index contributed by atoms with van der Waals surface area (Å²) < 4.78 is 0. The maximum Gasteiger partial charge on any atom is 0.154 e. The molecule has 0 aliphatic rings. The first-order chi connectivity index (χ1) is 7.75. The molecule has 0 aliphatic heterocycles. The van der Waals surface area contributed by atoms with E-state index in [2.05, 4.69) is 40.9 Å². The van der Waals surface area contributed by atoms with Gasteiger partial charge in [0.1, 0.15) is 0 Å². The minimum absolute atomic E-state index is 0.897. The van der Waals surface area contributed by atoms with Crippen molar-refractivity contribution < 1.29 is 0 Å². The molecular weight excluding hydrogens is 198 g/mol. The van der Waals surface area contributed by atoms with Crippen molar-refractivity contribution in [1.29, 1.82) is 0 Å². The lowest BCUT2D eigenvalue weighted by Crippen LogP contribution is -1.82. The highest BCUT2D eigenvalue weighted by Crippen LogP contribution is 2.23. The average Bonchev–Trinajstić information content (AvgIpc) is 2.91. The molecule has 0 fully saturated rings. The molecule has 0 radical (unpaired) electrons. The molecule has 80 valence electrons. The van der Waals surface area contributed by atoms with Gasteiger partial charge in [-0.15, -0.1) is 0 Å². The number of hydrogen-bond acceptors (Lipinski definition) is 1. The largest absolute Gasteiger partial charge is 0.359 e. The molecule has 16 heavy (non-hydrogen) atoms. The Bertz CT molecular complexity index is 633. The van der Waals surface area contributed by atoms with Gasteiger partial charge in [-0.2, -0.15) is 0 Å². The molecule has 0 bridgehead atoms. The molecule has 0 atom stereocenters. The molecule has 3 nitrogen and oxygen atoms in total. The second-order valence-corrected chi connectivity index (χ2v) is 4.07. The lowest BCUT2D eigenvalue weighted by molar-refractivity contribution is 1.27. The highest BCUT2D eigenvalue weighted by Gasteiger charge is 2.08. The van der Waals surface area contributed by atoms with Crippen LogP contribution in [0.25, 0.3) is 22.6 Å². The summed E-state index contributed by atoms with van der Waals surface area (Å²) in [5.41, 5.74) is 5.69. The van der Waals surface area contributed by atoms with E-state index in [1.54, 1.807) is 0 Å². The van der Waals surface area contributed by atoms with Crippen molar-refractivity contribution in [2.45, 2.75) is 13.8 Å². The molecule has 0 aliphatic carbocycles. The number of rotatable bonds is 1. The standard InChI is InChI=1S/C13H13N3/c1-8-5-6-10-12(9(8)2)16-13(15-10)11-4-3-7-14-11/h3-7,14H,1-2H3,(H,15,16). The van der Waals surface area contributed by atoms with Crippen LogP contribution in [0.3, 0.4) is 0 Å². The summed E-state index contributed by atoms with van der Waals surface area (Å²) in [6.45, 7) is 4.22. The fourth-order valence-corrected chi connectivity index (χ4v) is 1.92. The van der Waals surface area contributed by atoms with E-state index in [1.807, 2.05) is 18.3 Å². The molecule has 0 saturated heterocycles. The number of benzene rings is 1. The Morgan fingerprint density at radius 3 is 2.75 bits per heavy atom. The average molecular weight is 211 g/mol. The lowest BCUT2D eigenvalue weighted by atomic mass is 10.1. The van der Waals surface area contributed by atoms with Gasteiger partial charge in [0.25, 0.3) is 0 Å². The van der Waals surface area contributed by atoms with Crippen molar-refractivity contribution in [1.82, 2.24) is 15.0 Å². The molecule has 2 heterocycles. The van der Waals surface area contributed by atoms with Crippen LogP contribution in [0, 0.1) is 13.8 Å². The van der Waals surface area contributed by atoms with E-state index in [9.17, 15) is 0 Å². The summed E-state index contributed by atoms with van der Waals surface area (Å²) in [7, 11) is 0. The van der Waals surface area contributed by atoms with Crippen LogP contribution in [0.5, 0.6) is 0 Å². The topological polar surface area (TPSA) is 44.5 Å². The van der Waals surface area contributed by atoms with Gasteiger partial charge in [-0.05, 0) is 43.2 Å². The van der Waals surface area contributed by atoms with Crippen LogP contribution < -0.4 is 0 Å². The van der Waals surface area contributed by atoms with E-state index >= 15 is 0 Å². The minimum atomic E-state index is 0.897. The molecule has 0 unspecified atom stereocenters. The number of nitrogens with zero attached hydrogens (tertiary/aromatic N) is 1. The van der Waals surface area contributed by atoms with Gasteiger partial charge in [0, 0.05) is 6.20 Å². The van der Waals surface area contributed by atoms with Gasteiger partial charge in [-0.25, -0.2) is 4.98 Å². The number of nitrogens with one attached hydrogen (secondary N) is 2. The fourth-order valence-electron chi connectivity index (χ4n) is 1.92. The summed E-state index contributed by atoms with van der Waals surface area (Å²) in [6, 6.07) is 8.19. The maximum atomic E-state index is 4.63. The van der Waals surface area contributed by atoms with E-state index in [0.717, 1.165) is 22.6 Å². The van der Waals surface area contributed by atoms with Crippen LogP contribution in [0.4, 0.5) is 0 Å². The van der Waals surface area contributed by atoms with Gasteiger partial charge in [-0.3, -0.25) is 0 Å². The molecule has 2 N–H and O–H groups in total. The molecule has 0 saturated carbocycles. The second kappa shape index (κ2) is 3.23. The third-order valence-electron chi connectivity index (χ3n) is 3.03. The van der Waals surface area contributed by atoms with Gasteiger partial charge in [0.05, 0.1) is 16.7 Å². The molecule has 1 aromatic carbocycles. The summed E-state index contributed by atoms with van der Waals surface area (Å²) in [5, 5.41) is 0. The molecule has 0 spiro atoms. The van der Waals surface area contributed by atoms with Gasteiger partial charge >= 0.3 is 0 Å². The zero-order valence-corrected chi connectivity index (χ0v) is 9.33. The SMILES string of the molecule is Cc1ccc2[nH]c(-c3ccc[nH]3)nc2c1C. The van der Waals surface area contributed by atoms with Crippen molar-refractivity contribution in [2.24, 2.45) is 0 Å². The molecular formula is C13H13N3. The highest BCUT2D eigenvalue weighted by molar-refractivity contribution is 5.82. The Balaban J connectivity index is 2.28. The number of fused-ring (bicyclic) bond motifs is 1. The molecule has 3 heteroatoms. The Morgan fingerprint density at radius 1 is 1.12 bits per heavy atom. The first kappa shape index (κ1) is 9.21. The van der Waals surface area contributed by atoms with E-state index in [1.165, 1.54) is 11.1 Å². The van der Waals surface area contributed by atoms with Crippen LogP contribution in [-0.4, -0.2) is 15.0 Å². The van der Waals surface area contributed by atoms with E-state index < -0.39 is 0 Å². The quantitative estimate of drug-likeness (QED) is 0.638. The third-order valence-corrected chi connectivity index (χ3v) is 3.03. The first-order valence-corrected chi connectivity index (χ1v) is 5.35. The summed E-state index contributed by atoms with van der Waals surface area (Å²) >= 11 is 0. The van der Waals surface area contributed by atoms with Crippen LogP contribution >= 0.6 is 0 Å². The molecule has 2 aromatic heterocycles. The Morgan fingerprint density at radius 2 is 2.00 bits per heavy atom. The number of aryl methyl sites for hydroxylation is 2. The second-order valence-electron chi connectivity index (χ2n) is 4.07. The number of aromatic amines is 2. The third kappa shape index (κ3) is 1.25. The van der Waals surface area contributed by atoms with E-state index in [4.69, 9.17) is 0 Å². The zero-order chi connectivity index (χ0) is 11.1. The van der Waals surface area contributed by atoms with Crippen LogP contribution in [0.1, 0.15) is 11.1 Å². The van der Waals surface area contributed by atoms with Crippen LogP contribution in [0.2, 0.25) is 0 Å². The number of aromatic nitrogens is 3. The van der Waals surface area contributed by atoms with Gasteiger partial charge in [0.2, 0.25) is 0 Å². The predicted octanol–water partition coefficient (Wildman–Crippen LogP) is 3.17. The Hall–Kier alpha value is -2.03. The summed E-state index contributed by atoms with van der Waals surface area (Å²) in [6.07, 6.45) is 1.90. The van der Waals surface area contributed by atoms with Crippen molar-refractivity contribution >= 4 is 11.0 Å². The highest BCUT2D eigenvalue weighted by atomic mass is 14.9. The molecule has 0 amide bonds. The maximum absolute atomic E-state index is 4.63. The number of hydrogen-bond donors (Lipinski definition) is 2. The van der Waals surface area contributed by atoms with Gasteiger partial charge in [0.15, 0.2) is 5.82 Å². The molecule has 3 rings (SSSR count). The minimum Gasteiger partial charge on any atom is -0.359 e.